The molecule has 6 heteroatoms. The normalized spacial score (nSPS) is 13.9. The standard InChI is InChI=1S/C13H17N3O2S/c1-8-3-2-4-10(12(8)14)19-7-11(17)16-13(18)15-9-5-6-9/h2-4,9H,5-7,14H2,1H3,(H2,15,16,17,18). The van der Waals surface area contributed by atoms with Crippen molar-refractivity contribution in [2.24, 2.45) is 0 Å². The lowest BCUT2D eigenvalue weighted by Gasteiger charge is -2.08. The van der Waals surface area contributed by atoms with Gasteiger partial charge in [0.1, 0.15) is 0 Å². The van der Waals surface area contributed by atoms with E-state index >= 15 is 0 Å². The van der Waals surface area contributed by atoms with Gasteiger partial charge in [0.2, 0.25) is 5.91 Å². The lowest BCUT2D eigenvalue weighted by molar-refractivity contribution is -0.117. The van der Waals surface area contributed by atoms with Gasteiger partial charge in [-0.1, -0.05) is 12.1 Å². The average Bonchev–Trinajstić information content (AvgIpc) is 3.14. The lowest BCUT2D eigenvalue weighted by Crippen LogP contribution is -2.41. The molecule has 0 atom stereocenters. The van der Waals surface area contributed by atoms with Crippen molar-refractivity contribution in [2.75, 3.05) is 11.5 Å². The second kappa shape index (κ2) is 5.97. The van der Waals surface area contributed by atoms with Gasteiger partial charge < -0.3 is 11.1 Å². The summed E-state index contributed by atoms with van der Waals surface area (Å²) < 4.78 is 0. The number of rotatable bonds is 4. The molecule has 19 heavy (non-hydrogen) atoms. The Morgan fingerprint density at radius 1 is 1.42 bits per heavy atom. The maximum absolute atomic E-state index is 11.6. The highest BCUT2D eigenvalue weighted by Crippen LogP contribution is 2.27. The summed E-state index contributed by atoms with van der Waals surface area (Å²) >= 11 is 1.33. The number of carbonyl (C=O) groups is 2. The average molecular weight is 279 g/mol. The number of benzene rings is 1. The SMILES string of the molecule is Cc1cccc(SCC(=O)NC(=O)NC2CC2)c1N. The number of amides is 3. The van der Waals surface area contributed by atoms with Crippen LogP contribution in [0.1, 0.15) is 18.4 Å². The van der Waals surface area contributed by atoms with Gasteiger partial charge in [0, 0.05) is 16.6 Å². The molecule has 3 amide bonds. The van der Waals surface area contributed by atoms with Crippen LogP contribution in [0.3, 0.4) is 0 Å². The second-order valence-corrected chi connectivity index (χ2v) is 5.59. The minimum absolute atomic E-state index is 0.172. The number of thioether (sulfide) groups is 1. The van der Waals surface area contributed by atoms with Crippen molar-refractivity contribution in [1.29, 1.82) is 0 Å². The van der Waals surface area contributed by atoms with E-state index in [1.54, 1.807) is 0 Å². The fraction of sp³-hybridized carbons (Fsp3) is 0.385. The van der Waals surface area contributed by atoms with Gasteiger partial charge in [0.05, 0.1) is 5.75 Å². The highest BCUT2D eigenvalue weighted by Gasteiger charge is 2.23. The molecule has 0 radical (unpaired) electrons. The van der Waals surface area contributed by atoms with E-state index in [9.17, 15) is 9.59 Å². The van der Waals surface area contributed by atoms with Gasteiger partial charge in [-0.05, 0) is 31.4 Å². The molecule has 1 aromatic rings. The van der Waals surface area contributed by atoms with Crippen LogP contribution < -0.4 is 16.4 Å². The Kier molecular flexibility index (Phi) is 4.31. The second-order valence-electron chi connectivity index (χ2n) is 4.57. The highest BCUT2D eigenvalue weighted by atomic mass is 32.2. The van der Waals surface area contributed by atoms with E-state index < -0.39 is 6.03 Å². The molecule has 4 N–H and O–H groups in total. The van der Waals surface area contributed by atoms with E-state index in [1.165, 1.54) is 11.8 Å². The molecule has 1 saturated carbocycles. The fourth-order valence-electron chi connectivity index (χ4n) is 1.53. The Morgan fingerprint density at radius 3 is 2.84 bits per heavy atom. The van der Waals surface area contributed by atoms with Crippen LogP contribution in [-0.4, -0.2) is 23.7 Å². The lowest BCUT2D eigenvalue weighted by atomic mass is 10.2. The Balaban J connectivity index is 1.79. The Hall–Kier alpha value is -1.69. The molecule has 0 heterocycles. The largest absolute Gasteiger partial charge is 0.398 e. The van der Waals surface area contributed by atoms with Crippen molar-refractivity contribution in [3.05, 3.63) is 23.8 Å². The topological polar surface area (TPSA) is 84.2 Å². The van der Waals surface area contributed by atoms with Crippen molar-refractivity contribution in [2.45, 2.75) is 30.7 Å². The number of nitrogens with two attached hydrogens (primary N) is 1. The fourth-order valence-corrected chi connectivity index (χ4v) is 2.38. The number of hydrogen-bond donors (Lipinski definition) is 3. The maximum Gasteiger partial charge on any atom is 0.321 e. The van der Waals surface area contributed by atoms with Gasteiger partial charge in [-0.15, -0.1) is 11.8 Å². The van der Waals surface area contributed by atoms with Crippen LogP contribution in [0.2, 0.25) is 0 Å². The summed E-state index contributed by atoms with van der Waals surface area (Å²) in [5.41, 5.74) is 7.58. The van der Waals surface area contributed by atoms with Crippen LogP contribution in [0.5, 0.6) is 0 Å². The predicted molar refractivity (Wildman–Crippen MR) is 76.0 cm³/mol. The van der Waals surface area contributed by atoms with E-state index in [1.807, 2.05) is 25.1 Å². The number of para-hydroxylation sites is 1. The molecular formula is C13H17N3O2S. The van der Waals surface area contributed by atoms with Gasteiger partial charge in [0.15, 0.2) is 0 Å². The quantitative estimate of drug-likeness (QED) is 0.578. The van der Waals surface area contributed by atoms with Crippen LogP contribution >= 0.6 is 11.8 Å². The Labute approximate surface area is 116 Å². The molecule has 5 nitrogen and oxygen atoms in total. The summed E-state index contributed by atoms with van der Waals surface area (Å²) in [5.74, 6) is -0.143. The summed E-state index contributed by atoms with van der Waals surface area (Å²) in [6.45, 7) is 1.92. The molecule has 1 aromatic carbocycles. The molecule has 0 aliphatic heterocycles. The van der Waals surface area contributed by atoms with E-state index in [4.69, 9.17) is 5.73 Å². The Morgan fingerprint density at radius 2 is 2.16 bits per heavy atom. The van der Waals surface area contributed by atoms with Crippen molar-refractivity contribution in [1.82, 2.24) is 10.6 Å². The zero-order valence-corrected chi connectivity index (χ0v) is 11.5. The molecular weight excluding hydrogens is 262 g/mol. The first-order valence-corrected chi connectivity index (χ1v) is 7.13. The number of imide groups is 1. The van der Waals surface area contributed by atoms with E-state index in [2.05, 4.69) is 10.6 Å². The zero-order valence-electron chi connectivity index (χ0n) is 10.7. The van der Waals surface area contributed by atoms with Crippen LogP contribution in [-0.2, 0) is 4.79 Å². The smallest absolute Gasteiger partial charge is 0.321 e. The van der Waals surface area contributed by atoms with Gasteiger partial charge in [0.25, 0.3) is 0 Å². The first kappa shape index (κ1) is 13.7. The van der Waals surface area contributed by atoms with Crippen molar-refractivity contribution >= 4 is 29.4 Å². The molecule has 102 valence electrons. The first-order chi connectivity index (χ1) is 9.06. The third-order valence-electron chi connectivity index (χ3n) is 2.81. The molecule has 1 aliphatic carbocycles. The summed E-state index contributed by atoms with van der Waals surface area (Å²) in [5, 5.41) is 5.00. The van der Waals surface area contributed by atoms with Crippen LogP contribution in [0.4, 0.5) is 10.5 Å². The zero-order chi connectivity index (χ0) is 13.8. The van der Waals surface area contributed by atoms with Gasteiger partial charge >= 0.3 is 6.03 Å². The minimum Gasteiger partial charge on any atom is -0.398 e. The number of anilines is 1. The summed E-state index contributed by atoms with van der Waals surface area (Å²) in [4.78, 5) is 23.8. The minimum atomic E-state index is -0.412. The molecule has 0 aromatic heterocycles. The molecule has 1 aliphatic rings. The van der Waals surface area contributed by atoms with Crippen LogP contribution in [0, 0.1) is 6.92 Å². The molecule has 0 unspecified atom stereocenters. The van der Waals surface area contributed by atoms with Crippen molar-refractivity contribution in [3.8, 4) is 0 Å². The number of nitrogen functional groups attached to an aromatic ring is 1. The van der Waals surface area contributed by atoms with Crippen LogP contribution in [0.15, 0.2) is 23.1 Å². The number of carbonyl (C=O) groups excluding carboxylic acids is 2. The monoisotopic (exact) mass is 279 g/mol. The highest BCUT2D eigenvalue weighted by molar-refractivity contribution is 8.00. The van der Waals surface area contributed by atoms with Crippen molar-refractivity contribution in [3.63, 3.8) is 0 Å². The summed E-state index contributed by atoms with van der Waals surface area (Å²) in [7, 11) is 0. The molecule has 0 spiro atoms. The summed E-state index contributed by atoms with van der Waals surface area (Å²) in [6, 6.07) is 5.51. The molecule has 0 bridgehead atoms. The van der Waals surface area contributed by atoms with E-state index in [0.29, 0.717) is 5.69 Å². The maximum atomic E-state index is 11.6. The molecule has 2 rings (SSSR count). The van der Waals surface area contributed by atoms with Gasteiger partial charge in [-0.25, -0.2) is 4.79 Å². The van der Waals surface area contributed by atoms with Gasteiger partial charge in [-0.2, -0.15) is 0 Å². The molecule has 1 fully saturated rings. The van der Waals surface area contributed by atoms with E-state index in [0.717, 1.165) is 23.3 Å². The third-order valence-corrected chi connectivity index (χ3v) is 3.88. The van der Waals surface area contributed by atoms with E-state index in [-0.39, 0.29) is 17.7 Å². The molecule has 0 saturated heterocycles. The number of nitrogens with one attached hydrogen (secondary N) is 2. The Bertz CT molecular complexity index is 501. The number of aryl methyl sites for hydroxylation is 1. The van der Waals surface area contributed by atoms with Crippen molar-refractivity contribution < 1.29 is 9.59 Å². The summed E-state index contributed by atoms with van der Waals surface area (Å²) in [6.07, 6.45) is 1.99. The number of hydrogen-bond acceptors (Lipinski definition) is 4. The third kappa shape index (κ3) is 4.17. The predicted octanol–water partition coefficient (Wildman–Crippen LogP) is 1.66. The first-order valence-electron chi connectivity index (χ1n) is 6.14. The number of urea groups is 1. The van der Waals surface area contributed by atoms with Gasteiger partial charge in [-0.3, -0.25) is 10.1 Å². The van der Waals surface area contributed by atoms with Crippen LogP contribution in [0.25, 0.3) is 0 Å².